The number of aliphatic hydroxyl groups is 1. The van der Waals surface area contributed by atoms with Crippen LogP contribution in [0.1, 0.15) is 18.1 Å². The van der Waals surface area contributed by atoms with Gasteiger partial charge in [-0.1, -0.05) is 6.07 Å². The van der Waals surface area contributed by atoms with Gasteiger partial charge >= 0.3 is 0 Å². The second-order valence-electron chi connectivity index (χ2n) is 9.19. The highest BCUT2D eigenvalue weighted by atomic mass is 19.1. The van der Waals surface area contributed by atoms with Crippen molar-refractivity contribution in [2.75, 3.05) is 19.5 Å². The maximum absolute atomic E-state index is 13.7. The first kappa shape index (κ1) is 25.9. The summed E-state index contributed by atoms with van der Waals surface area (Å²) in [4.78, 5) is 23.7. The standard InChI is InChI=1S/C30H27FN4O4/c1-17-13-19(31)5-10-23(17)27-18(2)35(3)16-24(29(27)36)30(37)34-20-6-8-21(9-7-20)39-26-11-12-32-25-14-22(38-4)15-33-28(25)26/h5-16,29,36H,1-4H3,(H,34,37). The molecule has 0 radical (unpaired) electrons. The van der Waals surface area contributed by atoms with Crippen LogP contribution < -0.4 is 14.8 Å². The van der Waals surface area contributed by atoms with E-state index in [4.69, 9.17) is 9.47 Å². The summed E-state index contributed by atoms with van der Waals surface area (Å²) in [6.07, 6.45) is 3.65. The highest BCUT2D eigenvalue weighted by Gasteiger charge is 2.31. The van der Waals surface area contributed by atoms with Gasteiger partial charge in [-0.3, -0.25) is 9.78 Å². The van der Waals surface area contributed by atoms with Crippen LogP contribution in [0.2, 0.25) is 0 Å². The van der Waals surface area contributed by atoms with Crippen LogP contribution >= 0.6 is 0 Å². The summed E-state index contributed by atoms with van der Waals surface area (Å²) in [5.74, 6) is 0.863. The van der Waals surface area contributed by atoms with E-state index in [1.54, 1.807) is 87.0 Å². The largest absolute Gasteiger partial charge is 0.495 e. The molecule has 8 nitrogen and oxygen atoms in total. The predicted octanol–water partition coefficient (Wildman–Crippen LogP) is 5.44. The monoisotopic (exact) mass is 526 g/mol. The predicted molar refractivity (Wildman–Crippen MR) is 147 cm³/mol. The Morgan fingerprint density at radius 3 is 2.54 bits per heavy atom. The molecular weight excluding hydrogens is 499 g/mol. The molecule has 0 saturated carbocycles. The molecule has 5 rings (SSSR count). The number of nitrogens with zero attached hydrogens (tertiary/aromatic N) is 3. The molecule has 1 aliphatic heterocycles. The molecule has 0 spiro atoms. The number of allylic oxidation sites excluding steroid dienone is 1. The molecule has 4 aromatic rings. The van der Waals surface area contributed by atoms with Crippen LogP contribution in [0.15, 0.2) is 84.5 Å². The second-order valence-corrected chi connectivity index (χ2v) is 9.19. The number of anilines is 1. The van der Waals surface area contributed by atoms with E-state index >= 15 is 0 Å². The summed E-state index contributed by atoms with van der Waals surface area (Å²) in [5.41, 5.74) is 4.61. The first-order chi connectivity index (χ1) is 18.7. The lowest BCUT2D eigenvalue weighted by Gasteiger charge is -2.31. The summed E-state index contributed by atoms with van der Waals surface area (Å²) in [5, 5.41) is 14.0. The van der Waals surface area contributed by atoms with E-state index in [2.05, 4.69) is 15.3 Å². The van der Waals surface area contributed by atoms with Gasteiger partial charge in [0.05, 0.1) is 24.4 Å². The van der Waals surface area contributed by atoms with Crippen molar-refractivity contribution in [2.45, 2.75) is 20.0 Å². The summed E-state index contributed by atoms with van der Waals surface area (Å²) in [7, 11) is 3.36. The molecule has 1 aliphatic rings. The van der Waals surface area contributed by atoms with Crippen molar-refractivity contribution < 1.29 is 23.8 Å². The zero-order chi connectivity index (χ0) is 27.7. The SMILES string of the molecule is COc1cnc2c(Oc3ccc(NC(=O)C4=CN(C)C(C)=C(c5ccc(F)cc5C)C4O)cc3)ccnc2c1. The normalized spacial score (nSPS) is 15.3. The second kappa shape index (κ2) is 10.5. The Kier molecular flexibility index (Phi) is 7.00. The van der Waals surface area contributed by atoms with Gasteiger partial charge in [-0.05, 0) is 61.4 Å². The van der Waals surface area contributed by atoms with Crippen molar-refractivity contribution in [2.24, 2.45) is 0 Å². The minimum absolute atomic E-state index is 0.173. The lowest BCUT2D eigenvalue weighted by atomic mass is 9.88. The molecule has 0 bridgehead atoms. The first-order valence-corrected chi connectivity index (χ1v) is 12.2. The van der Waals surface area contributed by atoms with E-state index in [0.29, 0.717) is 50.7 Å². The van der Waals surface area contributed by atoms with Crippen molar-refractivity contribution >= 4 is 28.2 Å². The number of carbonyl (C=O) groups excluding carboxylic acids is 1. The lowest BCUT2D eigenvalue weighted by molar-refractivity contribution is -0.113. The number of hydrogen-bond donors (Lipinski definition) is 2. The third kappa shape index (κ3) is 5.17. The number of amides is 1. The van der Waals surface area contributed by atoms with E-state index in [-0.39, 0.29) is 11.4 Å². The average Bonchev–Trinajstić information content (AvgIpc) is 2.92. The van der Waals surface area contributed by atoms with Crippen LogP contribution in [0.25, 0.3) is 16.6 Å². The molecule has 198 valence electrons. The number of aromatic nitrogens is 2. The molecule has 0 fully saturated rings. The number of hydrogen-bond acceptors (Lipinski definition) is 7. The molecule has 0 saturated heterocycles. The smallest absolute Gasteiger partial charge is 0.256 e. The minimum Gasteiger partial charge on any atom is -0.495 e. The van der Waals surface area contributed by atoms with Crippen molar-refractivity contribution in [3.05, 3.63) is 101 Å². The van der Waals surface area contributed by atoms with Gasteiger partial charge in [0, 0.05) is 48.5 Å². The molecule has 2 aromatic heterocycles. The van der Waals surface area contributed by atoms with E-state index in [0.717, 1.165) is 5.70 Å². The Balaban J connectivity index is 1.32. The van der Waals surface area contributed by atoms with Crippen molar-refractivity contribution in [3.63, 3.8) is 0 Å². The summed E-state index contributed by atoms with van der Waals surface area (Å²) >= 11 is 0. The first-order valence-electron chi connectivity index (χ1n) is 12.2. The van der Waals surface area contributed by atoms with Gasteiger partial charge in [-0.25, -0.2) is 9.37 Å². The molecule has 2 N–H and O–H groups in total. The maximum atomic E-state index is 13.7. The van der Waals surface area contributed by atoms with Crippen molar-refractivity contribution in [1.29, 1.82) is 0 Å². The van der Waals surface area contributed by atoms with Crippen LogP contribution in [0.4, 0.5) is 10.1 Å². The maximum Gasteiger partial charge on any atom is 0.256 e. The number of nitrogens with one attached hydrogen (secondary N) is 1. The van der Waals surface area contributed by atoms with E-state index in [9.17, 15) is 14.3 Å². The number of fused-ring (bicyclic) bond motifs is 1. The molecule has 1 atom stereocenters. The van der Waals surface area contributed by atoms with Crippen LogP contribution in [0.3, 0.4) is 0 Å². The van der Waals surface area contributed by atoms with Gasteiger partial charge in [-0.15, -0.1) is 0 Å². The highest BCUT2D eigenvalue weighted by molar-refractivity contribution is 6.07. The van der Waals surface area contributed by atoms with Crippen LogP contribution in [0, 0.1) is 12.7 Å². The zero-order valence-electron chi connectivity index (χ0n) is 21.9. The van der Waals surface area contributed by atoms with Gasteiger partial charge in [0.1, 0.15) is 28.9 Å². The number of pyridine rings is 2. The Morgan fingerprint density at radius 2 is 1.82 bits per heavy atom. The van der Waals surface area contributed by atoms with Gasteiger partial charge in [0.15, 0.2) is 5.75 Å². The lowest BCUT2D eigenvalue weighted by Crippen LogP contribution is -2.32. The number of aryl methyl sites for hydroxylation is 1. The zero-order valence-corrected chi connectivity index (χ0v) is 21.9. The average molecular weight is 527 g/mol. The number of halogens is 1. The molecule has 9 heteroatoms. The topological polar surface area (TPSA) is 96.8 Å². The van der Waals surface area contributed by atoms with Crippen LogP contribution in [0.5, 0.6) is 17.2 Å². The van der Waals surface area contributed by atoms with Crippen LogP contribution in [-0.2, 0) is 4.79 Å². The molecule has 0 aliphatic carbocycles. The van der Waals surface area contributed by atoms with Gasteiger partial charge < -0.3 is 24.8 Å². The molecule has 1 amide bonds. The fraction of sp³-hybridized carbons (Fsp3) is 0.167. The molecule has 1 unspecified atom stereocenters. The molecule has 3 heterocycles. The number of rotatable bonds is 6. The Hall–Kier alpha value is -4.76. The summed E-state index contributed by atoms with van der Waals surface area (Å²) in [6, 6.07) is 14.7. The van der Waals surface area contributed by atoms with Crippen molar-refractivity contribution in [3.8, 4) is 17.2 Å². The minimum atomic E-state index is -1.18. The third-order valence-corrected chi connectivity index (χ3v) is 6.65. The number of benzene rings is 2. The van der Waals surface area contributed by atoms with E-state index in [1.807, 2.05) is 6.92 Å². The highest BCUT2D eigenvalue weighted by Crippen LogP contribution is 2.35. The van der Waals surface area contributed by atoms with E-state index in [1.165, 1.54) is 12.1 Å². The van der Waals surface area contributed by atoms with Gasteiger partial charge in [0.25, 0.3) is 5.91 Å². The molecule has 39 heavy (non-hydrogen) atoms. The summed E-state index contributed by atoms with van der Waals surface area (Å²) in [6.45, 7) is 3.62. The summed E-state index contributed by atoms with van der Waals surface area (Å²) < 4.78 is 24.9. The molecular formula is C30H27FN4O4. The van der Waals surface area contributed by atoms with Gasteiger partial charge in [-0.2, -0.15) is 0 Å². The number of ether oxygens (including phenoxy) is 2. The Morgan fingerprint density at radius 1 is 1.05 bits per heavy atom. The Bertz CT molecular complexity index is 1630. The fourth-order valence-corrected chi connectivity index (χ4v) is 4.49. The Labute approximate surface area is 225 Å². The van der Waals surface area contributed by atoms with Gasteiger partial charge in [0.2, 0.25) is 0 Å². The molecule has 2 aromatic carbocycles. The quantitative estimate of drug-likeness (QED) is 0.345. The van der Waals surface area contributed by atoms with Crippen molar-refractivity contribution in [1.82, 2.24) is 14.9 Å². The van der Waals surface area contributed by atoms with E-state index < -0.39 is 12.0 Å². The number of carbonyl (C=O) groups is 1. The number of methoxy groups -OCH3 is 1. The number of aliphatic hydroxyl groups excluding tert-OH is 1. The van der Waals surface area contributed by atoms with Crippen LogP contribution in [-0.4, -0.2) is 46.1 Å². The fourth-order valence-electron chi connectivity index (χ4n) is 4.49. The third-order valence-electron chi connectivity index (χ3n) is 6.65.